The van der Waals surface area contributed by atoms with Gasteiger partial charge in [0, 0.05) is 12.8 Å². The Morgan fingerprint density at radius 2 is 2.06 bits per heavy atom. The first-order chi connectivity index (χ1) is 7.65. The first-order valence-corrected chi connectivity index (χ1v) is 5.89. The predicted octanol–water partition coefficient (Wildman–Crippen LogP) is 2.97. The molecule has 1 heterocycles. The van der Waals surface area contributed by atoms with Crippen molar-refractivity contribution in [3.05, 3.63) is 16.0 Å². The maximum absolute atomic E-state index is 5.87. The van der Waals surface area contributed by atoms with E-state index in [1.165, 1.54) is 6.42 Å². The van der Waals surface area contributed by atoms with E-state index in [0.29, 0.717) is 5.56 Å². The van der Waals surface area contributed by atoms with Crippen molar-refractivity contribution in [2.75, 3.05) is 12.3 Å². The Kier molecular flexibility index (Phi) is 5.49. The Morgan fingerprint density at radius 1 is 1.31 bits per heavy atom. The number of hydrogen-bond acceptors (Lipinski definition) is 4. The molecule has 2 N–H and O–H groups in total. The van der Waals surface area contributed by atoms with Crippen LogP contribution in [0.1, 0.15) is 31.7 Å². The maximum Gasteiger partial charge on any atom is 0.225 e. The van der Waals surface area contributed by atoms with Crippen molar-refractivity contribution in [3.8, 4) is 0 Å². The van der Waals surface area contributed by atoms with E-state index in [-0.39, 0.29) is 16.3 Å². The van der Waals surface area contributed by atoms with E-state index in [0.717, 1.165) is 19.4 Å². The van der Waals surface area contributed by atoms with Gasteiger partial charge in [0.1, 0.15) is 11.0 Å². The Balaban J connectivity index is 2.66. The van der Waals surface area contributed by atoms with Crippen LogP contribution < -0.4 is 5.73 Å². The zero-order valence-electron chi connectivity index (χ0n) is 9.08. The molecule has 6 heteroatoms. The highest BCUT2D eigenvalue weighted by Gasteiger charge is 2.07. The van der Waals surface area contributed by atoms with Gasteiger partial charge in [-0.25, -0.2) is 9.97 Å². The van der Waals surface area contributed by atoms with Crippen molar-refractivity contribution >= 4 is 35.2 Å². The molecule has 0 aliphatic rings. The SMILES string of the molecule is CCCCCN=Cc1c(N)nc(Cl)nc1Cl. The molecule has 0 spiro atoms. The van der Waals surface area contributed by atoms with Gasteiger partial charge in [-0.2, -0.15) is 0 Å². The van der Waals surface area contributed by atoms with Crippen LogP contribution in [0, 0.1) is 0 Å². The van der Waals surface area contributed by atoms with E-state index in [2.05, 4.69) is 21.9 Å². The largest absolute Gasteiger partial charge is 0.383 e. The fourth-order valence-corrected chi connectivity index (χ4v) is 1.60. The lowest BCUT2D eigenvalue weighted by Crippen LogP contribution is -2.01. The van der Waals surface area contributed by atoms with Gasteiger partial charge in [-0.3, -0.25) is 4.99 Å². The number of rotatable bonds is 5. The molecule has 1 aromatic heterocycles. The molecule has 4 nitrogen and oxygen atoms in total. The summed E-state index contributed by atoms with van der Waals surface area (Å²) in [6.45, 7) is 2.90. The highest BCUT2D eigenvalue weighted by Crippen LogP contribution is 2.18. The van der Waals surface area contributed by atoms with E-state index in [9.17, 15) is 0 Å². The van der Waals surface area contributed by atoms with Crippen LogP contribution in [0.3, 0.4) is 0 Å². The third-order valence-electron chi connectivity index (χ3n) is 2.01. The topological polar surface area (TPSA) is 64.2 Å². The summed E-state index contributed by atoms with van der Waals surface area (Å²) in [4.78, 5) is 11.8. The number of aliphatic imine (C=N–C) groups is 1. The fourth-order valence-electron chi connectivity index (χ4n) is 1.16. The lowest BCUT2D eigenvalue weighted by molar-refractivity contribution is 0.729. The number of nitrogens with zero attached hydrogens (tertiary/aromatic N) is 3. The smallest absolute Gasteiger partial charge is 0.225 e. The lowest BCUT2D eigenvalue weighted by Gasteiger charge is -2.01. The van der Waals surface area contributed by atoms with Crippen LogP contribution in [0.15, 0.2) is 4.99 Å². The van der Waals surface area contributed by atoms with Gasteiger partial charge < -0.3 is 5.73 Å². The van der Waals surface area contributed by atoms with E-state index < -0.39 is 0 Å². The van der Waals surface area contributed by atoms with Gasteiger partial charge in [-0.05, 0) is 18.0 Å². The Bertz CT molecular complexity index is 356. The molecule has 0 fully saturated rings. The number of halogens is 2. The summed E-state index contributed by atoms with van der Waals surface area (Å²) in [7, 11) is 0. The van der Waals surface area contributed by atoms with Crippen LogP contribution >= 0.6 is 23.2 Å². The van der Waals surface area contributed by atoms with Crippen molar-refractivity contribution in [1.82, 2.24) is 9.97 Å². The van der Waals surface area contributed by atoms with Gasteiger partial charge in [0.2, 0.25) is 5.28 Å². The molecule has 1 rings (SSSR count). The average Bonchev–Trinajstić information content (AvgIpc) is 2.20. The number of unbranched alkanes of at least 4 members (excludes halogenated alkanes) is 2. The standard InChI is InChI=1S/C10H14Cl2N4/c1-2-3-4-5-14-6-7-8(11)15-10(12)16-9(7)13/h6H,2-5H2,1H3,(H2,13,15,16). The van der Waals surface area contributed by atoms with Crippen molar-refractivity contribution in [2.45, 2.75) is 26.2 Å². The van der Waals surface area contributed by atoms with Crippen LogP contribution in [0.4, 0.5) is 5.82 Å². The quantitative estimate of drug-likeness (QED) is 0.383. The molecule has 0 bridgehead atoms. The molecule has 0 saturated carbocycles. The number of hydrogen-bond donors (Lipinski definition) is 1. The summed E-state index contributed by atoms with van der Waals surface area (Å²) in [5, 5.41) is 0.280. The predicted molar refractivity (Wildman–Crippen MR) is 68.5 cm³/mol. The molecular formula is C10H14Cl2N4. The minimum absolute atomic E-state index is 0.0469. The number of nitrogen functional groups attached to an aromatic ring is 1. The van der Waals surface area contributed by atoms with Crippen LogP contribution in [0.2, 0.25) is 10.4 Å². The molecule has 1 aromatic rings. The lowest BCUT2D eigenvalue weighted by atomic mass is 10.2. The molecule has 88 valence electrons. The summed E-state index contributed by atoms with van der Waals surface area (Å²) in [5.74, 6) is 0.254. The van der Waals surface area contributed by atoms with Crippen LogP contribution in [-0.2, 0) is 0 Å². The summed E-state index contributed by atoms with van der Waals surface area (Å²) in [6, 6.07) is 0. The Labute approximate surface area is 105 Å². The van der Waals surface area contributed by atoms with E-state index in [1.807, 2.05) is 0 Å². The van der Waals surface area contributed by atoms with E-state index in [1.54, 1.807) is 6.21 Å². The minimum atomic E-state index is 0.0469. The Morgan fingerprint density at radius 3 is 2.69 bits per heavy atom. The van der Waals surface area contributed by atoms with Gasteiger partial charge >= 0.3 is 0 Å². The van der Waals surface area contributed by atoms with Crippen LogP contribution in [0.25, 0.3) is 0 Å². The first kappa shape index (κ1) is 13.2. The van der Waals surface area contributed by atoms with Gasteiger partial charge in [0.05, 0.1) is 5.56 Å². The van der Waals surface area contributed by atoms with E-state index >= 15 is 0 Å². The molecular weight excluding hydrogens is 247 g/mol. The molecule has 0 aliphatic carbocycles. The highest BCUT2D eigenvalue weighted by molar-refractivity contribution is 6.34. The maximum atomic E-state index is 5.87. The van der Waals surface area contributed by atoms with Gasteiger partial charge in [-0.15, -0.1) is 0 Å². The van der Waals surface area contributed by atoms with Gasteiger partial charge in [0.15, 0.2) is 0 Å². The van der Waals surface area contributed by atoms with Gasteiger partial charge in [-0.1, -0.05) is 31.4 Å². The normalized spacial score (nSPS) is 11.2. The van der Waals surface area contributed by atoms with Crippen molar-refractivity contribution in [1.29, 1.82) is 0 Å². The highest BCUT2D eigenvalue weighted by atomic mass is 35.5. The fraction of sp³-hybridized carbons (Fsp3) is 0.500. The monoisotopic (exact) mass is 260 g/mol. The van der Waals surface area contributed by atoms with Gasteiger partial charge in [0.25, 0.3) is 0 Å². The average molecular weight is 261 g/mol. The second kappa shape index (κ2) is 6.66. The minimum Gasteiger partial charge on any atom is -0.383 e. The molecule has 0 saturated heterocycles. The molecule has 0 aliphatic heterocycles. The summed E-state index contributed by atoms with van der Waals surface area (Å²) in [5.41, 5.74) is 6.18. The first-order valence-electron chi connectivity index (χ1n) is 5.13. The van der Waals surface area contributed by atoms with Crippen LogP contribution in [0.5, 0.6) is 0 Å². The second-order valence-corrected chi connectivity index (χ2v) is 4.02. The van der Waals surface area contributed by atoms with Crippen molar-refractivity contribution in [3.63, 3.8) is 0 Å². The summed E-state index contributed by atoms with van der Waals surface area (Å²) in [6.07, 6.45) is 4.99. The van der Waals surface area contributed by atoms with Crippen molar-refractivity contribution in [2.24, 2.45) is 4.99 Å². The molecule has 0 radical (unpaired) electrons. The number of anilines is 1. The summed E-state index contributed by atoms with van der Waals surface area (Å²) < 4.78 is 0. The zero-order chi connectivity index (χ0) is 12.0. The molecule has 16 heavy (non-hydrogen) atoms. The van der Waals surface area contributed by atoms with Crippen LogP contribution in [-0.4, -0.2) is 22.7 Å². The van der Waals surface area contributed by atoms with E-state index in [4.69, 9.17) is 28.9 Å². The zero-order valence-corrected chi connectivity index (χ0v) is 10.6. The molecule has 0 atom stereocenters. The second-order valence-electron chi connectivity index (χ2n) is 3.32. The molecule has 0 aromatic carbocycles. The molecule has 0 unspecified atom stereocenters. The third-order valence-corrected chi connectivity index (χ3v) is 2.47. The number of nitrogens with two attached hydrogens (primary N) is 1. The Hall–Kier alpha value is -0.870. The number of aromatic nitrogens is 2. The van der Waals surface area contributed by atoms with Crippen molar-refractivity contribution < 1.29 is 0 Å². The third kappa shape index (κ3) is 3.94. The summed E-state index contributed by atoms with van der Waals surface area (Å²) >= 11 is 11.5. The molecule has 0 amide bonds.